The molecule has 1 aromatic carbocycles. The Morgan fingerprint density at radius 2 is 1.70 bits per heavy atom. The maximum atomic E-state index is 13.4. The molecule has 1 aromatic heterocycles. The molecule has 0 aliphatic heterocycles. The maximum absolute atomic E-state index is 13.4. The first-order chi connectivity index (χ1) is 13.8. The average molecular weight is 427 g/mol. The van der Waals surface area contributed by atoms with Crippen molar-refractivity contribution in [2.45, 2.75) is 39.9 Å². The number of carbonyl (C=O) groups is 3. The van der Waals surface area contributed by atoms with Crippen molar-refractivity contribution in [3.8, 4) is 0 Å². The van der Waals surface area contributed by atoms with E-state index in [0.717, 1.165) is 6.92 Å². The molecule has 1 heterocycles. The van der Waals surface area contributed by atoms with E-state index in [1.807, 2.05) is 0 Å². The van der Waals surface area contributed by atoms with Gasteiger partial charge in [0.1, 0.15) is 11.9 Å². The van der Waals surface area contributed by atoms with E-state index < -0.39 is 35.6 Å². The first-order valence-corrected chi connectivity index (χ1v) is 8.91. The van der Waals surface area contributed by atoms with Crippen LogP contribution in [0.15, 0.2) is 18.2 Å². The van der Waals surface area contributed by atoms with Crippen molar-refractivity contribution in [2.75, 3.05) is 5.32 Å². The van der Waals surface area contributed by atoms with Crippen LogP contribution in [0.5, 0.6) is 0 Å². The zero-order valence-electron chi connectivity index (χ0n) is 17.0. The summed E-state index contributed by atoms with van der Waals surface area (Å²) in [6, 6.07) is 1.78. The Kier molecular flexibility index (Phi) is 6.39. The number of halogens is 4. The molecule has 162 valence electrons. The fraction of sp³-hybridized carbons (Fsp3) is 0.350. The minimum Gasteiger partial charge on any atom is -0.344 e. The number of carbonyl (C=O) groups excluding carboxylic acids is 3. The lowest BCUT2D eigenvalue weighted by Crippen LogP contribution is -2.46. The van der Waals surface area contributed by atoms with Gasteiger partial charge in [0.25, 0.3) is 17.6 Å². The largest absolute Gasteiger partial charge is 0.408 e. The average Bonchev–Trinajstić information content (AvgIpc) is 2.85. The molecular formula is C20H21F4N3O3. The quantitative estimate of drug-likeness (QED) is 0.435. The summed E-state index contributed by atoms with van der Waals surface area (Å²) in [6.45, 7) is 5.20. The van der Waals surface area contributed by atoms with Gasteiger partial charge in [-0.3, -0.25) is 14.4 Å². The smallest absolute Gasteiger partial charge is 0.344 e. The summed E-state index contributed by atoms with van der Waals surface area (Å²) >= 11 is 0. The number of benzene rings is 1. The van der Waals surface area contributed by atoms with Crippen LogP contribution >= 0.6 is 0 Å². The van der Waals surface area contributed by atoms with Gasteiger partial charge in [-0.1, -0.05) is 0 Å². The van der Waals surface area contributed by atoms with Gasteiger partial charge in [0.15, 0.2) is 0 Å². The molecule has 0 saturated carbocycles. The summed E-state index contributed by atoms with van der Waals surface area (Å²) in [4.78, 5) is 37.3. The van der Waals surface area contributed by atoms with Crippen molar-refractivity contribution in [2.24, 2.45) is 7.05 Å². The van der Waals surface area contributed by atoms with Gasteiger partial charge in [-0.05, 0) is 57.0 Å². The second-order valence-corrected chi connectivity index (χ2v) is 6.98. The summed E-state index contributed by atoms with van der Waals surface area (Å²) in [5, 5.41) is 4.21. The minimum absolute atomic E-state index is 0.0968. The monoisotopic (exact) mass is 427 g/mol. The second-order valence-electron chi connectivity index (χ2n) is 6.98. The predicted molar refractivity (Wildman–Crippen MR) is 102 cm³/mol. The Morgan fingerprint density at radius 1 is 1.10 bits per heavy atom. The molecule has 1 atom stereocenters. The highest BCUT2D eigenvalue weighted by molar-refractivity contribution is 6.43. The maximum Gasteiger partial charge on any atom is 0.408 e. The van der Waals surface area contributed by atoms with E-state index in [-0.39, 0.29) is 16.8 Å². The molecule has 0 saturated heterocycles. The molecule has 2 N–H and O–H groups in total. The van der Waals surface area contributed by atoms with Crippen LogP contribution in [0.25, 0.3) is 0 Å². The van der Waals surface area contributed by atoms with E-state index in [9.17, 15) is 31.9 Å². The first kappa shape index (κ1) is 23.1. The molecule has 30 heavy (non-hydrogen) atoms. The molecule has 10 heteroatoms. The van der Waals surface area contributed by atoms with E-state index >= 15 is 0 Å². The Labute approximate surface area is 170 Å². The van der Waals surface area contributed by atoms with Crippen LogP contribution < -0.4 is 10.6 Å². The number of amides is 2. The van der Waals surface area contributed by atoms with Gasteiger partial charge in [0.05, 0.1) is 11.3 Å². The Balaban J connectivity index is 2.33. The number of anilines is 1. The van der Waals surface area contributed by atoms with E-state index in [2.05, 4.69) is 5.32 Å². The second kappa shape index (κ2) is 8.29. The summed E-state index contributed by atoms with van der Waals surface area (Å²) in [6.07, 6.45) is -4.70. The summed E-state index contributed by atoms with van der Waals surface area (Å²) < 4.78 is 52.7. The van der Waals surface area contributed by atoms with Crippen molar-refractivity contribution in [1.29, 1.82) is 0 Å². The number of alkyl halides is 3. The van der Waals surface area contributed by atoms with Crippen molar-refractivity contribution in [3.05, 3.63) is 52.1 Å². The summed E-state index contributed by atoms with van der Waals surface area (Å²) in [5.41, 5.74) is 1.03. The van der Waals surface area contributed by atoms with Crippen molar-refractivity contribution in [1.82, 2.24) is 9.88 Å². The molecule has 0 aliphatic rings. The zero-order chi connectivity index (χ0) is 23.0. The van der Waals surface area contributed by atoms with Gasteiger partial charge in [-0.25, -0.2) is 4.39 Å². The number of rotatable bonds is 5. The number of hydrogen-bond donors (Lipinski definition) is 2. The zero-order valence-corrected chi connectivity index (χ0v) is 17.0. The highest BCUT2D eigenvalue weighted by atomic mass is 19.4. The van der Waals surface area contributed by atoms with Gasteiger partial charge < -0.3 is 15.2 Å². The first-order valence-electron chi connectivity index (χ1n) is 8.91. The summed E-state index contributed by atoms with van der Waals surface area (Å²) in [7, 11) is 1.43. The third-order valence-corrected chi connectivity index (χ3v) is 4.83. The molecule has 2 rings (SSSR count). The molecule has 0 spiro atoms. The highest BCUT2D eigenvalue weighted by Crippen LogP contribution is 2.24. The van der Waals surface area contributed by atoms with E-state index in [1.54, 1.807) is 5.32 Å². The minimum atomic E-state index is -4.70. The number of aromatic nitrogens is 1. The normalized spacial score (nSPS) is 12.4. The third-order valence-electron chi connectivity index (χ3n) is 4.83. The van der Waals surface area contributed by atoms with Gasteiger partial charge in [0.2, 0.25) is 0 Å². The molecule has 0 radical (unpaired) electrons. The van der Waals surface area contributed by atoms with E-state index in [4.69, 9.17) is 0 Å². The third kappa shape index (κ3) is 4.52. The molecule has 0 unspecified atom stereocenters. The fourth-order valence-electron chi connectivity index (χ4n) is 3.00. The SMILES string of the molecule is Cc1cc(NC(=O)c2c(C)c(C(=O)C(=O)N[C@@H](C)C(F)(F)F)n(C)c2C)ccc1F. The van der Waals surface area contributed by atoms with E-state index in [1.165, 1.54) is 50.6 Å². The Hall–Kier alpha value is -3.17. The molecule has 2 aromatic rings. The Bertz CT molecular complexity index is 1030. The highest BCUT2D eigenvalue weighted by Gasteiger charge is 2.39. The van der Waals surface area contributed by atoms with Gasteiger partial charge in [-0.2, -0.15) is 13.2 Å². The van der Waals surface area contributed by atoms with Gasteiger partial charge in [0, 0.05) is 18.4 Å². The lowest BCUT2D eigenvalue weighted by molar-refractivity contribution is -0.156. The van der Waals surface area contributed by atoms with Crippen LogP contribution in [0.3, 0.4) is 0 Å². The molecule has 6 nitrogen and oxygen atoms in total. The van der Waals surface area contributed by atoms with Crippen LogP contribution in [-0.4, -0.2) is 34.4 Å². The standard InChI is InChI=1S/C20H21F4N3O3/c1-9-8-13(6-7-14(9)21)26-18(29)15-10(2)16(27(5)11(15)3)17(28)19(30)25-12(4)20(22,23)24/h6-8,12H,1-5H3,(H,25,30)(H,26,29)/t12-/m0/s1. The molecule has 2 amide bonds. The fourth-order valence-corrected chi connectivity index (χ4v) is 3.00. The lowest BCUT2D eigenvalue weighted by atomic mass is 10.1. The van der Waals surface area contributed by atoms with Crippen LogP contribution in [0.4, 0.5) is 23.2 Å². The Morgan fingerprint density at radius 3 is 2.23 bits per heavy atom. The molecule has 0 fully saturated rings. The van der Waals surface area contributed by atoms with Crippen LogP contribution in [0.2, 0.25) is 0 Å². The topological polar surface area (TPSA) is 80.2 Å². The summed E-state index contributed by atoms with van der Waals surface area (Å²) in [5.74, 6) is -3.66. The van der Waals surface area contributed by atoms with Crippen LogP contribution in [-0.2, 0) is 11.8 Å². The number of nitrogens with one attached hydrogen (secondary N) is 2. The van der Waals surface area contributed by atoms with Crippen molar-refractivity contribution >= 4 is 23.3 Å². The number of nitrogens with zero attached hydrogens (tertiary/aromatic N) is 1. The van der Waals surface area contributed by atoms with E-state index in [0.29, 0.717) is 16.9 Å². The molecule has 0 aliphatic carbocycles. The van der Waals surface area contributed by atoms with Gasteiger partial charge in [-0.15, -0.1) is 0 Å². The van der Waals surface area contributed by atoms with Crippen molar-refractivity contribution < 1.29 is 31.9 Å². The number of Topliss-reactive ketones (excluding diaryl/α,β-unsaturated/α-hetero) is 1. The molecule has 0 bridgehead atoms. The van der Waals surface area contributed by atoms with Crippen LogP contribution in [0.1, 0.15) is 44.6 Å². The predicted octanol–water partition coefficient (Wildman–Crippen LogP) is 3.59. The lowest BCUT2D eigenvalue weighted by Gasteiger charge is -2.16. The number of hydrogen-bond acceptors (Lipinski definition) is 3. The van der Waals surface area contributed by atoms with Crippen molar-refractivity contribution in [3.63, 3.8) is 0 Å². The number of ketones is 1. The van der Waals surface area contributed by atoms with Crippen LogP contribution in [0, 0.1) is 26.6 Å². The van der Waals surface area contributed by atoms with Gasteiger partial charge >= 0.3 is 6.18 Å². The molecular weight excluding hydrogens is 406 g/mol. The number of aryl methyl sites for hydroxylation is 1.